The molecule has 6 nitrogen and oxygen atoms in total. The number of benzene rings is 2. The Morgan fingerprint density at radius 2 is 1.80 bits per heavy atom. The minimum Gasteiger partial charge on any atom is -0.370 e. The SMILES string of the molecule is Cc1ccc(C)c(S(=O)(=O)Nc2ccc(N3CCOCC3=O)cc2)c1. The number of anilines is 2. The first-order valence-electron chi connectivity index (χ1n) is 7.95. The molecule has 0 aromatic heterocycles. The van der Waals surface area contributed by atoms with Crippen LogP contribution in [-0.2, 0) is 19.6 Å². The van der Waals surface area contributed by atoms with Crippen LogP contribution in [0.2, 0.25) is 0 Å². The van der Waals surface area contributed by atoms with Crippen molar-refractivity contribution in [3.05, 3.63) is 53.6 Å². The quantitative estimate of drug-likeness (QED) is 0.909. The highest BCUT2D eigenvalue weighted by Crippen LogP contribution is 2.23. The Kier molecular flexibility index (Phi) is 4.78. The van der Waals surface area contributed by atoms with Crippen molar-refractivity contribution >= 4 is 27.3 Å². The van der Waals surface area contributed by atoms with Gasteiger partial charge in [0.25, 0.3) is 15.9 Å². The van der Waals surface area contributed by atoms with Crippen LogP contribution in [0, 0.1) is 13.8 Å². The van der Waals surface area contributed by atoms with Gasteiger partial charge in [0.2, 0.25) is 0 Å². The molecule has 1 N–H and O–H groups in total. The number of rotatable bonds is 4. The number of nitrogens with zero attached hydrogens (tertiary/aromatic N) is 1. The van der Waals surface area contributed by atoms with Crippen LogP contribution in [0.4, 0.5) is 11.4 Å². The monoisotopic (exact) mass is 360 g/mol. The molecule has 1 aliphatic rings. The first-order chi connectivity index (χ1) is 11.9. The van der Waals surface area contributed by atoms with Gasteiger partial charge in [0.05, 0.1) is 11.5 Å². The van der Waals surface area contributed by atoms with Crippen LogP contribution >= 0.6 is 0 Å². The molecule has 0 unspecified atom stereocenters. The Balaban J connectivity index is 1.81. The van der Waals surface area contributed by atoms with Gasteiger partial charge in [-0.05, 0) is 55.3 Å². The molecule has 0 radical (unpaired) electrons. The summed E-state index contributed by atoms with van der Waals surface area (Å²) in [4.78, 5) is 13.7. The third-order valence-corrected chi connectivity index (χ3v) is 5.57. The lowest BCUT2D eigenvalue weighted by atomic mass is 10.2. The largest absolute Gasteiger partial charge is 0.370 e. The second-order valence-electron chi connectivity index (χ2n) is 6.02. The molecular formula is C18H20N2O4S. The second-order valence-corrected chi connectivity index (χ2v) is 7.67. The van der Waals surface area contributed by atoms with E-state index in [-0.39, 0.29) is 17.4 Å². The van der Waals surface area contributed by atoms with Crippen molar-refractivity contribution in [1.29, 1.82) is 0 Å². The Labute approximate surface area is 147 Å². The molecule has 1 amide bonds. The molecule has 0 aliphatic carbocycles. The van der Waals surface area contributed by atoms with E-state index in [9.17, 15) is 13.2 Å². The van der Waals surface area contributed by atoms with Gasteiger partial charge in [0.15, 0.2) is 0 Å². The highest BCUT2D eigenvalue weighted by atomic mass is 32.2. The minimum atomic E-state index is -3.67. The lowest BCUT2D eigenvalue weighted by Crippen LogP contribution is -2.41. The summed E-state index contributed by atoms with van der Waals surface area (Å²) < 4.78 is 32.9. The predicted octanol–water partition coefficient (Wildman–Crippen LogP) is 2.47. The fourth-order valence-electron chi connectivity index (χ4n) is 2.71. The number of morpholine rings is 1. The van der Waals surface area contributed by atoms with Crippen molar-refractivity contribution < 1.29 is 17.9 Å². The van der Waals surface area contributed by atoms with Gasteiger partial charge in [0, 0.05) is 17.9 Å². The van der Waals surface area contributed by atoms with Crippen molar-refractivity contribution in [2.45, 2.75) is 18.7 Å². The van der Waals surface area contributed by atoms with Crippen molar-refractivity contribution in [3.63, 3.8) is 0 Å². The van der Waals surface area contributed by atoms with E-state index < -0.39 is 10.0 Å². The molecule has 25 heavy (non-hydrogen) atoms. The normalized spacial score (nSPS) is 15.3. The zero-order valence-corrected chi connectivity index (χ0v) is 15.0. The summed E-state index contributed by atoms with van der Waals surface area (Å²) in [6.07, 6.45) is 0. The molecule has 7 heteroatoms. The van der Waals surface area contributed by atoms with Gasteiger partial charge in [-0.25, -0.2) is 8.42 Å². The molecule has 1 heterocycles. The van der Waals surface area contributed by atoms with Crippen molar-refractivity contribution in [1.82, 2.24) is 0 Å². The van der Waals surface area contributed by atoms with E-state index in [1.54, 1.807) is 48.2 Å². The highest BCUT2D eigenvalue weighted by molar-refractivity contribution is 7.92. The number of amides is 1. The maximum Gasteiger partial charge on any atom is 0.262 e. The number of nitrogens with one attached hydrogen (secondary N) is 1. The number of carbonyl (C=O) groups excluding carboxylic acids is 1. The third kappa shape index (κ3) is 3.83. The molecule has 3 rings (SSSR count). The Hall–Kier alpha value is -2.38. The van der Waals surface area contributed by atoms with Gasteiger partial charge >= 0.3 is 0 Å². The van der Waals surface area contributed by atoms with E-state index in [0.717, 1.165) is 11.3 Å². The van der Waals surface area contributed by atoms with Crippen LogP contribution < -0.4 is 9.62 Å². The van der Waals surface area contributed by atoms with Gasteiger partial charge < -0.3 is 9.64 Å². The molecule has 0 bridgehead atoms. The average Bonchev–Trinajstić information content (AvgIpc) is 2.58. The minimum absolute atomic E-state index is 0.0705. The van der Waals surface area contributed by atoms with E-state index in [1.807, 2.05) is 13.0 Å². The van der Waals surface area contributed by atoms with E-state index in [2.05, 4.69) is 4.72 Å². The van der Waals surface area contributed by atoms with E-state index in [1.165, 1.54) is 0 Å². The van der Waals surface area contributed by atoms with E-state index in [0.29, 0.717) is 24.4 Å². The van der Waals surface area contributed by atoms with Gasteiger partial charge in [-0.3, -0.25) is 9.52 Å². The molecule has 132 valence electrons. The summed E-state index contributed by atoms with van der Waals surface area (Å²) in [7, 11) is -3.67. The second kappa shape index (κ2) is 6.85. The first-order valence-corrected chi connectivity index (χ1v) is 9.43. The van der Waals surface area contributed by atoms with Crippen LogP contribution in [0.5, 0.6) is 0 Å². The number of hydrogen-bond donors (Lipinski definition) is 1. The van der Waals surface area contributed by atoms with Crippen molar-refractivity contribution in [3.8, 4) is 0 Å². The Bertz CT molecular complexity index is 892. The fourth-order valence-corrected chi connectivity index (χ4v) is 4.10. The maximum absolute atomic E-state index is 12.6. The number of carbonyl (C=O) groups is 1. The topological polar surface area (TPSA) is 75.7 Å². The summed E-state index contributed by atoms with van der Waals surface area (Å²) in [5.41, 5.74) is 2.74. The van der Waals surface area contributed by atoms with Gasteiger partial charge in [-0.15, -0.1) is 0 Å². The van der Waals surface area contributed by atoms with Crippen LogP contribution in [0.25, 0.3) is 0 Å². The van der Waals surface area contributed by atoms with Crippen LogP contribution in [0.3, 0.4) is 0 Å². The molecule has 2 aromatic carbocycles. The summed E-state index contributed by atoms with van der Waals surface area (Å²) in [5.74, 6) is -0.102. The smallest absolute Gasteiger partial charge is 0.262 e. The highest BCUT2D eigenvalue weighted by Gasteiger charge is 2.21. The maximum atomic E-state index is 12.6. The third-order valence-electron chi connectivity index (χ3n) is 4.05. The Morgan fingerprint density at radius 1 is 1.08 bits per heavy atom. The molecular weight excluding hydrogens is 340 g/mol. The van der Waals surface area contributed by atoms with Crippen molar-refractivity contribution in [2.75, 3.05) is 29.4 Å². The molecule has 1 saturated heterocycles. The molecule has 1 aliphatic heterocycles. The van der Waals surface area contributed by atoms with Gasteiger partial charge in [0.1, 0.15) is 6.61 Å². The predicted molar refractivity (Wildman–Crippen MR) is 96.3 cm³/mol. The molecule has 0 saturated carbocycles. The van der Waals surface area contributed by atoms with Crippen molar-refractivity contribution in [2.24, 2.45) is 0 Å². The average molecular weight is 360 g/mol. The standard InChI is InChI=1S/C18H20N2O4S/c1-13-3-4-14(2)17(11-13)25(22,23)19-15-5-7-16(8-6-15)20-9-10-24-12-18(20)21/h3-8,11,19H,9-10,12H2,1-2H3. The molecule has 0 atom stereocenters. The lowest BCUT2D eigenvalue weighted by Gasteiger charge is -2.27. The zero-order chi connectivity index (χ0) is 18.0. The lowest BCUT2D eigenvalue weighted by molar-refractivity contribution is -0.125. The van der Waals surface area contributed by atoms with Crippen LogP contribution in [0.1, 0.15) is 11.1 Å². The summed E-state index contributed by atoms with van der Waals surface area (Å²) in [6.45, 7) is 4.67. The summed E-state index contributed by atoms with van der Waals surface area (Å²) >= 11 is 0. The first kappa shape index (κ1) is 17.4. The van der Waals surface area contributed by atoms with Gasteiger partial charge in [-0.1, -0.05) is 12.1 Å². The summed E-state index contributed by atoms with van der Waals surface area (Å²) in [5, 5.41) is 0. The molecule has 0 spiro atoms. The number of hydrogen-bond acceptors (Lipinski definition) is 4. The number of ether oxygens (including phenoxy) is 1. The zero-order valence-electron chi connectivity index (χ0n) is 14.2. The summed E-state index contributed by atoms with van der Waals surface area (Å²) in [6, 6.07) is 12.1. The van der Waals surface area contributed by atoms with E-state index >= 15 is 0 Å². The fraction of sp³-hybridized carbons (Fsp3) is 0.278. The number of aryl methyl sites for hydroxylation is 2. The number of sulfonamides is 1. The van der Waals surface area contributed by atoms with Crippen LogP contribution in [0.15, 0.2) is 47.4 Å². The van der Waals surface area contributed by atoms with Crippen LogP contribution in [-0.4, -0.2) is 34.1 Å². The molecule has 1 fully saturated rings. The van der Waals surface area contributed by atoms with E-state index in [4.69, 9.17) is 4.74 Å². The Morgan fingerprint density at radius 3 is 2.48 bits per heavy atom. The molecule has 2 aromatic rings. The van der Waals surface area contributed by atoms with Gasteiger partial charge in [-0.2, -0.15) is 0 Å².